The molecular formula is C16H18FNO2. The summed E-state index contributed by atoms with van der Waals surface area (Å²) in [6.45, 7) is 2.78. The Labute approximate surface area is 117 Å². The lowest BCUT2D eigenvalue weighted by Gasteiger charge is -2.07. The lowest BCUT2D eigenvalue weighted by molar-refractivity contribution is 0.386. The topological polar surface area (TPSA) is 34.4 Å². The summed E-state index contributed by atoms with van der Waals surface area (Å²) in [5, 5.41) is 3.15. The van der Waals surface area contributed by atoms with Crippen molar-refractivity contribution in [3.63, 3.8) is 0 Å². The maximum Gasteiger partial charge on any atom is 0.167 e. The minimum atomic E-state index is -0.371. The van der Waals surface area contributed by atoms with Crippen molar-refractivity contribution in [1.82, 2.24) is 0 Å². The van der Waals surface area contributed by atoms with E-state index in [1.54, 1.807) is 12.1 Å². The highest BCUT2D eigenvalue weighted by Crippen LogP contribution is 2.47. The van der Waals surface area contributed by atoms with Crippen LogP contribution in [0, 0.1) is 11.7 Å². The summed E-state index contributed by atoms with van der Waals surface area (Å²) >= 11 is 0. The van der Waals surface area contributed by atoms with E-state index in [4.69, 9.17) is 9.15 Å². The van der Waals surface area contributed by atoms with Gasteiger partial charge in [-0.15, -0.1) is 0 Å². The van der Waals surface area contributed by atoms with Gasteiger partial charge in [0.2, 0.25) is 0 Å². The molecule has 1 aromatic heterocycles. The van der Waals surface area contributed by atoms with E-state index in [0.717, 1.165) is 17.4 Å². The van der Waals surface area contributed by atoms with Crippen LogP contribution in [0.4, 0.5) is 10.1 Å². The zero-order valence-corrected chi connectivity index (χ0v) is 11.7. The predicted octanol–water partition coefficient (Wildman–Crippen LogP) is 4.16. The molecule has 0 bridgehead atoms. The maximum atomic E-state index is 13.5. The van der Waals surface area contributed by atoms with E-state index in [1.165, 1.54) is 19.6 Å². The molecule has 3 rings (SSSR count). The van der Waals surface area contributed by atoms with Crippen LogP contribution in [0.15, 0.2) is 34.7 Å². The number of furan rings is 1. The first kappa shape index (κ1) is 13.0. The van der Waals surface area contributed by atoms with Gasteiger partial charge in [0.25, 0.3) is 0 Å². The molecule has 1 aliphatic rings. The minimum absolute atomic E-state index is 0.249. The molecule has 2 unspecified atom stereocenters. The Morgan fingerprint density at radius 3 is 2.80 bits per heavy atom. The quantitative estimate of drug-likeness (QED) is 0.889. The molecule has 4 heteroatoms. The van der Waals surface area contributed by atoms with Gasteiger partial charge < -0.3 is 14.5 Å². The lowest BCUT2D eigenvalue weighted by atomic mass is 10.2. The van der Waals surface area contributed by atoms with Crippen LogP contribution in [0.25, 0.3) is 0 Å². The van der Waals surface area contributed by atoms with Crippen molar-refractivity contribution in [1.29, 1.82) is 0 Å². The normalized spacial score (nSPS) is 20.8. The van der Waals surface area contributed by atoms with Crippen molar-refractivity contribution >= 4 is 5.69 Å². The number of ether oxygens (including phenoxy) is 1. The lowest BCUT2D eigenvalue weighted by Crippen LogP contribution is -1.99. The number of anilines is 1. The molecule has 20 heavy (non-hydrogen) atoms. The fourth-order valence-electron chi connectivity index (χ4n) is 2.37. The summed E-state index contributed by atoms with van der Waals surface area (Å²) in [5.74, 6) is 3.13. The van der Waals surface area contributed by atoms with Gasteiger partial charge in [0, 0.05) is 17.7 Å². The van der Waals surface area contributed by atoms with E-state index in [9.17, 15) is 4.39 Å². The molecular weight excluding hydrogens is 257 g/mol. The van der Waals surface area contributed by atoms with Gasteiger partial charge in [-0.25, -0.2) is 4.39 Å². The monoisotopic (exact) mass is 275 g/mol. The predicted molar refractivity (Wildman–Crippen MR) is 75.5 cm³/mol. The van der Waals surface area contributed by atoms with Crippen molar-refractivity contribution in [2.24, 2.45) is 5.92 Å². The molecule has 0 amide bonds. The number of hydrogen-bond acceptors (Lipinski definition) is 3. The minimum Gasteiger partial charge on any atom is -0.494 e. The van der Waals surface area contributed by atoms with Crippen LogP contribution in [0.5, 0.6) is 5.75 Å². The smallest absolute Gasteiger partial charge is 0.167 e. The highest BCUT2D eigenvalue weighted by molar-refractivity contribution is 5.47. The Morgan fingerprint density at radius 1 is 1.35 bits per heavy atom. The van der Waals surface area contributed by atoms with Crippen LogP contribution in [-0.2, 0) is 6.54 Å². The molecule has 0 saturated heterocycles. The summed E-state index contributed by atoms with van der Waals surface area (Å²) in [7, 11) is 1.45. The number of nitrogens with one attached hydrogen (secondary N) is 1. The maximum absolute atomic E-state index is 13.5. The van der Waals surface area contributed by atoms with Crippen molar-refractivity contribution in [3.05, 3.63) is 47.7 Å². The summed E-state index contributed by atoms with van der Waals surface area (Å²) in [6, 6.07) is 8.84. The first-order valence-electron chi connectivity index (χ1n) is 6.83. The Morgan fingerprint density at radius 2 is 2.15 bits per heavy atom. The molecule has 1 saturated carbocycles. The van der Waals surface area contributed by atoms with Crippen LogP contribution in [-0.4, -0.2) is 7.11 Å². The first-order valence-corrected chi connectivity index (χ1v) is 6.83. The van der Waals surface area contributed by atoms with E-state index in [0.29, 0.717) is 18.2 Å². The van der Waals surface area contributed by atoms with Gasteiger partial charge in [-0.3, -0.25) is 0 Å². The van der Waals surface area contributed by atoms with Gasteiger partial charge in [-0.05, 0) is 36.6 Å². The molecule has 3 nitrogen and oxygen atoms in total. The highest BCUT2D eigenvalue weighted by atomic mass is 19.1. The molecule has 2 atom stereocenters. The molecule has 0 spiro atoms. The number of halogens is 1. The summed E-state index contributed by atoms with van der Waals surface area (Å²) in [4.78, 5) is 0. The first-order chi connectivity index (χ1) is 9.67. The van der Waals surface area contributed by atoms with Crippen molar-refractivity contribution in [3.8, 4) is 5.75 Å². The molecule has 1 aliphatic carbocycles. The van der Waals surface area contributed by atoms with Crippen molar-refractivity contribution in [2.75, 3.05) is 12.4 Å². The largest absolute Gasteiger partial charge is 0.494 e. The van der Waals surface area contributed by atoms with Gasteiger partial charge in [0.1, 0.15) is 11.5 Å². The van der Waals surface area contributed by atoms with Gasteiger partial charge in [-0.2, -0.15) is 0 Å². The molecule has 1 heterocycles. The number of rotatable bonds is 5. The summed E-state index contributed by atoms with van der Waals surface area (Å²) in [6.07, 6.45) is 1.21. The second kappa shape index (κ2) is 5.19. The van der Waals surface area contributed by atoms with Crippen LogP contribution < -0.4 is 10.1 Å². The molecule has 2 aromatic rings. The molecule has 1 aromatic carbocycles. The number of benzene rings is 1. The molecule has 0 aliphatic heterocycles. The third-order valence-corrected chi connectivity index (χ3v) is 3.78. The fourth-order valence-corrected chi connectivity index (χ4v) is 2.37. The van der Waals surface area contributed by atoms with Gasteiger partial charge in [0.15, 0.2) is 11.6 Å². The Kier molecular flexibility index (Phi) is 3.38. The van der Waals surface area contributed by atoms with Crippen molar-refractivity contribution in [2.45, 2.75) is 25.8 Å². The average Bonchev–Trinajstić information content (AvgIpc) is 3.00. The van der Waals surface area contributed by atoms with Gasteiger partial charge in [-0.1, -0.05) is 6.92 Å². The number of hydrogen-bond donors (Lipinski definition) is 1. The summed E-state index contributed by atoms with van der Waals surface area (Å²) in [5.41, 5.74) is 0.709. The third kappa shape index (κ3) is 2.64. The molecule has 1 fully saturated rings. The fraction of sp³-hybridized carbons (Fsp3) is 0.375. The van der Waals surface area contributed by atoms with Crippen molar-refractivity contribution < 1.29 is 13.5 Å². The van der Waals surface area contributed by atoms with Crippen LogP contribution in [0.1, 0.15) is 30.8 Å². The van der Waals surface area contributed by atoms with E-state index < -0.39 is 0 Å². The van der Waals surface area contributed by atoms with Crippen LogP contribution >= 0.6 is 0 Å². The zero-order chi connectivity index (χ0) is 14.1. The Bertz CT molecular complexity index is 608. The van der Waals surface area contributed by atoms with E-state index >= 15 is 0 Å². The van der Waals surface area contributed by atoms with E-state index in [2.05, 4.69) is 12.2 Å². The zero-order valence-electron chi connectivity index (χ0n) is 11.7. The second-order valence-electron chi connectivity index (χ2n) is 5.33. The Hall–Kier alpha value is -1.97. The summed E-state index contributed by atoms with van der Waals surface area (Å²) < 4.78 is 24.2. The molecule has 0 radical (unpaired) electrons. The SMILES string of the molecule is COc1ccc(NCc2ccc(C3CC3C)o2)cc1F. The second-order valence-corrected chi connectivity index (χ2v) is 5.33. The highest BCUT2D eigenvalue weighted by Gasteiger charge is 2.36. The third-order valence-electron chi connectivity index (χ3n) is 3.78. The van der Waals surface area contributed by atoms with E-state index in [-0.39, 0.29) is 11.6 Å². The average molecular weight is 275 g/mol. The Balaban J connectivity index is 1.61. The standard InChI is InChI=1S/C16H18FNO2/c1-10-7-13(10)15-6-4-12(20-15)9-18-11-3-5-16(19-2)14(17)8-11/h3-6,8,10,13,18H,7,9H2,1-2H3. The van der Waals surface area contributed by atoms with Crippen LogP contribution in [0.3, 0.4) is 0 Å². The number of methoxy groups -OCH3 is 1. The molecule has 1 N–H and O–H groups in total. The van der Waals surface area contributed by atoms with Gasteiger partial charge in [0.05, 0.1) is 13.7 Å². The molecule has 106 valence electrons. The van der Waals surface area contributed by atoms with E-state index in [1.807, 2.05) is 12.1 Å². The van der Waals surface area contributed by atoms with Crippen LogP contribution in [0.2, 0.25) is 0 Å². The van der Waals surface area contributed by atoms with Gasteiger partial charge >= 0.3 is 0 Å².